The number of nitriles is 1. The minimum Gasteiger partial charge on any atom is -0.192 e. The second-order valence-corrected chi connectivity index (χ2v) is 13.1. The Hall–Kier alpha value is -5.75. The van der Waals surface area contributed by atoms with Gasteiger partial charge in [-0.1, -0.05) is 97.1 Å². The minimum absolute atomic E-state index is 0.731. The first-order chi connectivity index (χ1) is 22.2. The predicted molar refractivity (Wildman–Crippen MR) is 192 cm³/mol. The summed E-state index contributed by atoms with van der Waals surface area (Å²) in [5, 5.41) is 19.7. The lowest BCUT2D eigenvalue weighted by molar-refractivity contribution is 1.50. The monoisotopic (exact) mass is 585 g/mol. The van der Waals surface area contributed by atoms with Crippen LogP contribution in [-0.2, 0) is 0 Å². The van der Waals surface area contributed by atoms with Crippen LogP contribution in [0.4, 0.5) is 0 Å². The number of fused-ring (bicyclic) bond motifs is 9. The van der Waals surface area contributed by atoms with E-state index in [0.717, 1.165) is 10.9 Å². The van der Waals surface area contributed by atoms with Gasteiger partial charge in [0.2, 0.25) is 0 Å². The van der Waals surface area contributed by atoms with E-state index in [2.05, 4.69) is 140 Å². The Bertz CT molecular complexity index is 2770. The first-order valence-electron chi connectivity index (χ1n) is 15.2. The van der Waals surface area contributed by atoms with Crippen LogP contribution >= 0.6 is 11.3 Å². The van der Waals surface area contributed by atoms with Crippen molar-refractivity contribution >= 4 is 63.8 Å². The summed E-state index contributed by atoms with van der Waals surface area (Å²) in [4.78, 5) is 0. The van der Waals surface area contributed by atoms with E-state index < -0.39 is 0 Å². The maximum absolute atomic E-state index is 9.71. The number of benzene rings is 8. The highest BCUT2D eigenvalue weighted by atomic mass is 32.1. The highest BCUT2D eigenvalue weighted by Gasteiger charge is 2.23. The molecular weight excluding hydrogens is 563 g/mol. The van der Waals surface area contributed by atoms with Gasteiger partial charge < -0.3 is 0 Å². The van der Waals surface area contributed by atoms with Crippen molar-refractivity contribution in [3.8, 4) is 50.6 Å². The van der Waals surface area contributed by atoms with Gasteiger partial charge in [-0.3, -0.25) is 0 Å². The number of rotatable bonds is 2. The van der Waals surface area contributed by atoms with E-state index in [9.17, 15) is 5.26 Å². The van der Waals surface area contributed by atoms with Crippen molar-refractivity contribution < 1.29 is 0 Å². The van der Waals surface area contributed by atoms with Crippen molar-refractivity contribution in [1.82, 2.24) is 0 Å². The Morgan fingerprint density at radius 1 is 0.400 bits per heavy atom. The molecule has 1 aromatic heterocycles. The van der Waals surface area contributed by atoms with Gasteiger partial charge in [-0.15, -0.1) is 11.3 Å². The molecule has 9 aromatic rings. The summed E-state index contributed by atoms with van der Waals surface area (Å²) in [5.74, 6) is 0. The summed E-state index contributed by atoms with van der Waals surface area (Å²) in [6.45, 7) is 0. The highest BCUT2D eigenvalue weighted by molar-refractivity contribution is 7.25. The third-order valence-corrected chi connectivity index (χ3v) is 10.8. The van der Waals surface area contributed by atoms with Gasteiger partial charge in [0.1, 0.15) is 0 Å². The molecule has 0 amide bonds. The van der Waals surface area contributed by atoms with Gasteiger partial charge in [-0.05, 0) is 114 Å². The van der Waals surface area contributed by atoms with Crippen LogP contribution < -0.4 is 0 Å². The molecule has 0 atom stereocenters. The first-order valence-corrected chi connectivity index (χ1v) is 16.0. The molecule has 10 rings (SSSR count). The number of hydrogen-bond acceptors (Lipinski definition) is 2. The third-order valence-electron chi connectivity index (χ3n) is 9.64. The molecule has 0 saturated heterocycles. The molecule has 1 aliphatic carbocycles. The van der Waals surface area contributed by atoms with E-state index in [1.807, 2.05) is 17.4 Å². The van der Waals surface area contributed by atoms with Crippen LogP contribution in [-0.4, -0.2) is 0 Å². The molecule has 0 bridgehead atoms. The average Bonchev–Trinajstić information content (AvgIpc) is 3.63. The first kappa shape index (κ1) is 24.7. The number of hydrogen-bond donors (Lipinski definition) is 0. The Morgan fingerprint density at radius 3 is 1.89 bits per heavy atom. The summed E-state index contributed by atoms with van der Waals surface area (Å²) in [5.41, 5.74) is 10.6. The number of nitrogens with zero attached hydrogens (tertiary/aromatic N) is 1. The summed E-state index contributed by atoms with van der Waals surface area (Å²) >= 11 is 1.86. The molecule has 206 valence electrons. The third kappa shape index (κ3) is 3.48. The lowest BCUT2D eigenvalue weighted by Crippen LogP contribution is -1.84. The van der Waals surface area contributed by atoms with Crippen LogP contribution in [0.3, 0.4) is 0 Å². The summed E-state index contributed by atoms with van der Waals surface area (Å²) in [7, 11) is 0. The average molecular weight is 586 g/mol. The van der Waals surface area contributed by atoms with Crippen LogP contribution in [0.2, 0.25) is 0 Å². The van der Waals surface area contributed by atoms with Gasteiger partial charge in [0, 0.05) is 25.6 Å². The Morgan fingerprint density at radius 2 is 1.04 bits per heavy atom. The van der Waals surface area contributed by atoms with Crippen molar-refractivity contribution in [2.24, 2.45) is 0 Å². The molecule has 1 nitrogen and oxygen atoms in total. The Kier molecular flexibility index (Phi) is 5.00. The molecule has 0 N–H and O–H groups in total. The van der Waals surface area contributed by atoms with E-state index in [0.29, 0.717) is 0 Å². The van der Waals surface area contributed by atoms with Gasteiger partial charge in [0.15, 0.2) is 0 Å². The number of thiophene rings is 1. The molecule has 0 aliphatic heterocycles. The molecule has 1 heterocycles. The lowest BCUT2D eigenvalue weighted by Gasteiger charge is -2.11. The van der Waals surface area contributed by atoms with Crippen molar-refractivity contribution in [2.75, 3.05) is 0 Å². The van der Waals surface area contributed by atoms with Gasteiger partial charge in [0.25, 0.3) is 0 Å². The Balaban J connectivity index is 1.14. The van der Waals surface area contributed by atoms with Crippen molar-refractivity contribution in [3.05, 3.63) is 145 Å². The normalized spacial score (nSPS) is 12.0. The van der Waals surface area contributed by atoms with Crippen LogP contribution in [0.1, 0.15) is 5.56 Å². The molecule has 0 unspecified atom stereocenters. The molecule has 1 aliphatic rings. The highest BCUT2D eigenvalue weighted by Crippen LogP contribution is 2.49. The van der Waals surface area contributed by atoms with Crippen molar-refractivity contribution in [1.29, 1.82) is 5.26 Å². The zero-order valence-corrected chi connectivity index (χ0v) is 25.0. The van der Waals surface area contributed by atoms with Gasteiger partial charge >= 0.3 is 0 Å². The van der Waals surface area contributed by atoms with E-state index in [1.54, 1.807) is 0 Å². The largest absolute Gasteiger partial charge is 0.192 e. The maximum atomic E-state index is 9.71. The molecular formula is C43H23NS. The van der Waals surface area contributed by atoms with Crippen LogP contribution in [0.25, 0.3) is 97.0 Å². The smallest absolute Gasteiger partial charge is 0.0998 e. The quantitative estimate of drug-likeness (QED) is 0.185. The second-order valence-electron chi connectivity index (χ2n) is 12.0. The minimum atomic E-state index is 0.731. The molecule has 0 saturated carbocycles. The van der Waals surface area contributed by atoms with Gasteiger partial charge in [-0.2, -0.15) is 5.26 Å². The summed E-state index contributed by atoms with van der Waals surface area (Å²) in [6, 6.07) is 53.3. The maximum Gasteiger partial charge on any atom is 0.0998 e. The van der Waals surface area contributed by atoms with Crippen LogP contribution in [0, 0.1) is 11.3 Å². The van der Waals surface area contributed by atoms with Gasteiger partial charge in [0.05, 0.1) is 11.6 Å². The van der Waals surface area contributed by atoms with E-state index in [-0.39, 0.29) is 0 Å². The fourth-order valence-corrected chi connectivity index (χ4v) is 8.62. The fourth-order valence-electron chi connectivity index (χ4n) is 7.55. The predicted octanol–water partition coefficient (Wildman–Crippen LogP) is 12.4. The van der Waals surface area contributed by atoms with Crippen molar-refractivity contribution in [2.45, 2.75) is 0 Å². The molecule has 8 aromatic carbocycles. The fraction of sp³-hybridized carbons (Fsp3) is 0. The topological polar surface area (TPSA) is 23.8 Å². The molecule has 0 fully saturated rings. The Labute approximate surface area is 263 Å². The summed E-state index contributed by atoms with van der Waals surface area (Å²) in [6.07, 6.45) is 0. The van der Waals surface area contributed by atoms with E-state index in [4.69, 9.17) is 0 Å². The van der Waals surface area contributed by atoms with Gasteiger partial charge in [-0.25, -0.2) is 0 Å². The van der Waals surface area contributed by atoms with E-state index in [1.165, 1.54) is 91.6 Å². The summed E-state index contributed by atoms with van der Waals surface area (Å²) < 4.78 is 2.61. The zero-order chi connectivity index (χ0) is 29.6. The zero-order valence-electron chi connectivity index (χ0n) is 24.1. The van der Waals surface area contributed by atoms with Crippen molar-refractivity contribution in [3.63, 3.8) is 0 Å². The lowest BCUT2D eigenvalue weighted by atomic mass is 9.92. The SMILES string of the molecule is N#Cc1ccc2c3c(cccc13)-c1cc(-c3ccc4sc5ccc(-c6cc7ccccc7c7ccccc67)cc5c4c3)ccc1-2. The van der Waals surface area contributed by atoms with E-state index >= 15 is 0 Å². The molecule has 0 radical (unpaired) electrons. The standard InChI is InChI=1S/C43H23NS/c44-24-29-13-17-36-34-16-12-25(20-38(34)35-11-5-10-31(29)43(35)36)26-14-18-41-39(21-26)40-23-28(15-19-42(40)45-41)37-22-27-6-1-2-7-30(27)32-8-3-4-9-33(32)37/h1-23H. The molecule has 0 spiro atoms. The second kappa shape index (κ2) is 9.13. The van der Waals surface area contributed by atoms with Crippen LogP contribution in [0.15, 0.2) is 140 Å². The van der Waals surface area contributed by atoms with Crippen LogP contribution in [0.5, 0.6) is 0 Å². The molecule has 45 heavy (non-hydrogen) atoms. The molecule has 2 heteroatoms.